The first-order valence-electron chi connectivity index (χ1n) is 11.6. The van der Waals surface area contributed by atoms with E-state index in [4.69, 9.17) is 9.47 Å². The third-order valence-electron chi connectivity index (χ3n) is 6.13. The van der Waals surface area contributed by atoms with Crippen molar-refractivity contribution in [3.63, 3.8) is 0 Å². The molecule has 5 heteroatoms. The molecule has 2 aromatic carbocycles. The molecule has 3 heterocycles. The largest absolute Gasteiger partial charge is 0.489 e. The lowest BCUT2D eigenvalue weighted by Crippen LogP contribution is -2.30. The lowest BCUT2D eigenvalue weighted by molar-refractivity contribution is 0.121. The van der Waals surface area contributed by atoms with Gasteiger partial charge in [-0.3, -0.25) is 14.9 Å². The molecular formula is C28H29N3O2. The summed E-state index contributed by atoms with van der Waals surface area (Å²) < 4.78 is 12.1. The van der Waals surface area contributed by atoms with Crippen LogP contribution in [0.5, 0.6) is 5.75 Å². The van der Waals surface area contributed by atoms with Crippen LogP contribution >= 0.6 is 0 Å². The Kier molecular flexibility index (Phi) is 6.90. The highest BCUT2D eigenvalue weighted by atomic mass is 16.5. The van der Waals surface area contributed by atoms with Gasteiger partial charge < -0.3 is 9.47 Å². The first-order valence-corrected chi connectivity index (χ1v) is 11.6. The molecule has 4 aromatic rings. The smallest absolute Gasteiger partial charge is 0.124 e. The third kappa shape index (κ3) is 5.75. The van der Waals surface area contributed by atoms with E-state index in [0.717, 1.165) is 50.6 Å². The minimum Gasteiger partial charge on any atom is -0.489 e. The summed E-state index contributed by atoms with van der Waals surface area (Å²) >= 11 is 0. The summed E-state index contributed by atoms with van der Waals surface area (Å²) in [5.74, 6) is 1.38. The van der Waals surface area contributed by atoms with Gasteiger partial charge in [0, 0.05) is 60.9 Å². The van der Waals surface area contributed by atoms with Crippen molar-refractivity contribution >= 4 is 10.8 Å². The molecule has 33 heavy (non-hydrogen) atoms. The maximum absolute atomic E-state index is 6.16. The fourth-order valence-electron chi connectivity index (χ4n) is 4.48. The highest BCUT2D eigenvalue weighted by Gasteiger charge is 2.20. The molecule has 0 saturated carbocycles. The fourth-order valence-corrected chi connectivity index (χ4v) is 4.48. The average molecular weight is 440 g/mol. The second kappa shape index (κ2) is 10.6. The molecule has 1 fully saturated rings. The van der Waals surface area contributed by atoms with Gasteiger partial charge in [-0.15, -0.1) is 0 Å². The van der Waals surface area contributed by atoms with Crippen molar-refractivity contribution in [2.24, 2.45) is 5.92 Å². The van der Waals surface area contributed by atoms with Crippen LogP contribution in [0, 0.1) is 5.92 Å². The van der Waals surface area contributed by atoms with Crippen molar-refractivity contribution in [2.45, 2.75) is 19.6 Å². The van der Waals surface area contributed by atoms with Crippen LogP contribution in [0.15, 0.2) is 85.5 Å². The maximum Gasteiger partial charge on any atom is 0.124 e. The Hall–Kier alpha value is -3.28. The van der Waals surface area contributed by atoms with Gasteiger partial charge in [0.1, 0.15) is 12.4 Å². The van der Waals surface area contributed by atoms with Gasteiger partial charge >= 0.3 is 0 Å². The number of aromatic nitrogens is 2. The topological polar surface area (TPSA) is 47.5 Å². The molecule has 2 aromatic heterocycles. The summed E-state index contributed by atoms with van der Waals surface area (Å²) in [6.07, 6.45) is 8.42. The standard InChI is InChI=1S/C28H29N3O2/c1-2-6-28(33-21-23-4-3-10-29-16-23)26(5-1)19-31-12-13-32-20-24(18-31)14-22-7-8-25-9-11-30-17-27(25)15-22/h1-11,15-17,24H,12-14,18-21H2. The number of nitrogens with zero attached hydrogens (tertiary/aromatic N) is 3. The van der Waals surface area contributed by atoms with Gasteiger partial charge in [0.2, 0.25) is 0 Å². The van der Waals surface area contributed by atoms with Crippen molar-refractivity contribution in [1.82, 2.24) is 14.9 Å². The van der Waals surface area contributed by atoms with Crippen LogP contribution in [0.25, 0.3) is 10.8 Å². The van der Waals surface area contributed by atoms with Crippen molar-refractivity contribution in [1.29, 1.82) is 0 Å². The molecule has 1 aliphatic rings. The number of fused-ring (bicyclic) bond motifs is 1. The van der Waals surface area contributed by atoms with Crippen LogP contribution in [-0.2, 0) is 24.3 Å². The second-order valence-electron chi connectivity index (χ2n) is 8.70. The number of ether oxygens (including phenoxy) is 2. The molecule has 1 unspecified atom stereocenters. The van der Waals surface area contributed by atoms with Gasteiger partial charge in [-0.25, -0.2) is 0 Å². The van der Waals surface area contributed by atoms with E-state index in [-0.39, 0.29) is 0 Å². The molecule has 0 amide bonds. The Labute approximate surface area is 195 Å². The Morgan fingerprint density at radius 2 is 1.85 bits per heavy atom. The Morgan fingerprint density at radius 3 is 2.79 bits per heavy atom. The molecule has 5 nitrogen and oxygen atoms in total. The molecule has 0 radical (unpaired) electrons. The number of rotatable bonds is 7. The van der Waals surface area contributed by atoms with E-state index in [2.05, 4.69) is 57.3 Å². The summed E-state index contributed by atoms with van der Waals surface area (Å²) in [5, 5.41) is 2.43. The summed E-state index contributed by atoms with van der Waals surface area (Å²) in [6.45, 7) is 4.85. The van der Waals surface area contributed by atoms with E-state index in [9.17, 15) is 0 Å². The van der Waals surface area contributed by atoms with Gasteiger partial charge in [-0.1, -0.05) is 36.4 Å². The molecule has 0 bridgehead atoms. The van der Waals surface area contributed by atoms with E-state index in [1.807, 2.05) is 36.8 Å². The zero-order valence-electron chi connectivity index (χ0n) is 18.8. The zero-order chi connectivity index (χ0) is 22.3. The van der Waals surface area contributed by atoms with Gasteiger partial charge in [-0.2, -0.15) is 0 Å². The molecule has 1 aliphatic heterocycles. The Balaban J connectivity index is 1.25. The van der Waals surface area contributed by atoms with E-state index >= 15 is 0 Å². The average Bonchev–Trinajstić information content (AvgIpc) is 3.09. The van der Waals surface area contributed by atoms with Crippen LogP contribution in [0.3, 0.4) is 0 Å². The van der Waals surface area contributed by atoms with Crippen molar-refractivity contribution in [3.05, 3.63) is 102 Å². The van der Waals surface area contributed by atoms with Gasteiger partial charge in [-0.05, 0) is 47.6 Å². The van der Waals surface area contributed by atoms with Crippen LogP contribution < -0.4 is 4.74 Å². The molecule has 0 aliphatic carbocycles. The Bertz CT molecular complexity index is 1180. The number of hydrogen-bond acceptors (Lipinski definition) is 5. The monoisotopic (exact) mass is 439 g/mol. The molecule has 168 valence electrons. The molecule has 1 saturated heterocycles. The molecular weight excluding hydrogens is 410 g/mol. The molecule has 5 rings (SSSR count). The number of pyridine rings is 2. The van der Waals surface area contributed by atoms with Crippen LogP contribution in [-0.4, -0.2) is 41.2 Å². The first-order chi connectivity index (χ1) is 16.3. The summed E-state index contributed by atoms with van der Waals surface area (Å²) in [5.41, 5.74) is 3.62. The van der Waals surface area contributed by atoms with Crippen molar-refractivity contribution < 1.29 is 9.47 Å². The third-order valence-corrected chi connectivity index (χ3v) is 6.13. The highest BCUT2D eigenvalue weighted by molar-refractivity contribution is 5.82. The van der Waals surface area contributed by atoms with E-state index in [0.29, 0.717) is 12.5 Å². The number of benzene rings is 2. The molecule has 1 atom stereocenters. The lowest BCUT2D eigenvalue weighted by atomic mass is 9.97. The van der Waals surface area contributed by atoms with Crippen molar-refractivity contribution in [3.8, 4) is 5.75 Å². The van der Waals surface area contributed by atoms with Gasteiger partial charge in [0.05, 0.1) is 13.2 Å². The predicted octanol–water partition coefficient (Wildman–Crippen LogP) is 4.90. The highest BCUT2D eigenvalue weighted by Crippen LogP contribution is 2.24. The number of hydrogen-bond donors (Lipinski definition) is 0. The fraction of sp³-hybridized carbons (Fsp3) is 0.286. The minimum atomic E-state index is 0.449. The quantitative estimate of drug-likeness (QED) is 0.410. The van der Waals surface area contributed by atoms with Crippen LogP contribution in [0.4, 0.5) is 0 Å². The normalized spacial score (nSPS) is 17.0. The van der Waals surface area contributed by atoms with Gasteiger partial charge in [0.15, 0.2) is 0 Å². The maximum atomic E-state index is 6.16. The first kappa shape index (κ1) is 21.6. The van der Waals surface area contributed by atoms with Crippen LogP contribution in [0.1, 0.15) is 16.7 Å². The SMILES string of the molecule is c1cncc(COc2ccccc2CN2CCOCC(Cc3ccc4ccncc4c3)C2)c1. The summed E-state index contributed by atoms with van der Waals surface area (Å²) in [7, 11) is 0. The summed E-state index contributed by atoms with van der Waals surface area (Å²) in [4.78, 5) is 10.9. The molecule has 0 spiro atoms. The van der Waals surface area contributed by atoms with Crippen molar-refractivity contribution in [2.75, 3.05) is 26.3 Å². The van der Waals surface area contributed by atoms with E-state index in [1.54, 1.807) is 6.20 Å². The summed E-state index contributed by atoms with van der Waals surface area (Å²) in [6, 6.07) is 21.1. The van der Waals surface area contributed by atoms with Crippen LogP contribution in [0.2, 0.25) is 0 Å². The molecule has 0 N–H and O–H groups in total. The Morgan fingerprint density at radius 1 is 0.909 bits per heavy atom. The zero-order valence-corrected chi connectivity index (χ0v) is 18.8. The minimum absolute atomic E-state index is 0.449. The van der Waals surface area contributed by atoms with Gasteiger partial charge in [0.25, 0.3) is 0 Å². The number of para-hydroxylation sites is 1. The lowest BCUT2D eigenvalue weighted by Gasteiger charge is -2.24. The second-order valence-corrected chi connectivity index (χ2v) is 8.70. The predicted molar refractivity (Wildman–Crippen MR) is 130 cm³/mol. The van der Waals surface area contributed by atoms with E-state index < -0.39 is 0 Å². The van der Waals surface area contributed by atoms with E-state index in [1.165, 1.54) is 21.9 Å².